The first kappa shape index (κ1) is 19.6. The molecular weight excluding hydrogens is 330 g/mol. The van der Waals surface area contributed by atoms with Crippen molar-refractivity contribution in [2.24, 2.45) is 5.92 Å². The third kappa shape index (κ3) is 4.69. The fraction of sp³-hybridized carbons (Fsp3) is 0.381. The van der Waals surface area contributed by atoms with E-state index in [1.165, 1.54) is 0 Å². The summed E-state index contributed by atoms with van der Waals surface area (Å²) in [7, 11) is 4.72. The number of methoxy groups -OCH3 is 3. The lowest BCUT2D eigenvalue weighted by Gasteiger charge is -2.22. The summed E-state index contributed by atoms with van der Waals surface area (Å²) in [5, 5.41) is 3.13. The quantitative estimate of drug-likeness (QED) is 0.768. The molecule has 0 aliphatic carbocycles. The van der Waals surface area contributed by atoms with Gasteiger partial charge in [0.1, 0.15) is 22.8 Å². The smallest absolute Gasteiger partial charge is 0.259 e. The molecule has 0 bridgehead atoms. The molecule has 0 aliphatic heterocycles. The summed E-state index contributed by atoms with van der Waals surface area (Å²) in [5.41, 5.74) is 1.43. The molecule has 0 aromatic heterocycles. The molecule has 0 spiro atoms. The van der Waals surface area contributed by atoms with Crippen LogP contribution in [0.3, 0.4) is 0 Å². The minimum atomic E-state index is -0.222. The molecule has 5 nitrogen and oxygen atoms in total. The van der Waals surface area contributed by atoms with Gasteiger partial charge in [-0.05, 0) is 42.2 Å². The molecule has 0 aliphatic rings. The van der Waals surface area contributed by atoms with Crippen molar-refractivity contribution in [2.45, 2.75) is 26.3 Å². The first-order chi connectivity index (χ1) is 12.5. The van der Waals surface area contributed by atoms with E-state index in [9.17, 15) is 4.79 Å². The highest BCUT2D eigenvalue weighted by Crippen LogP contribution is 2.30. The molecular formula is C21H27NO4. The topological polar surface area (TPSA) is 56.8 Å². The molecule has 1 N–H and O–H groups in total. The van der Waals surface area contributed by atoms with Crippen LogP contribution in [0, 0.1) is 5.92 Å². The molecule has 1 atom stereocenters. The largest absolute Gasteiger partial charge is 0.497 e. The Balaban J connectivity index is 2.32. The fourth-order valence-corrected chi connectivity index (χ4v) is 2.89. The number of hydrogen-bond donors (Lipinski definition) is 1. The van der Waals surface area contributed by atoms with Gasteiger partial charge < -0.3 is 19.5 Å². The lowest BCUT2D eigenvalue weighted by Crippen LogP contribution is -2.30. The van der Waals surface area contributed by atoms with Crippen LogP contribution in [0.15, 0.2) is 42.5 Å². The summed E-state index contributed by atoms with van der Waals surface area (Å²) in [5.74, 6) is 1.96. The predicted molar refractivity (Wildman–Crippen MR) is 102 cm³/mol. The molecule has 2 aromatic rings. The number of ether oxygens (including phenoxy) is 3. The summed E-state index contributed by atoms with van der Waals surface area (Å²) in [6.07, 6.45) is 0.815. The van der Waals surface area contributed by atoms with Gasteiger partial charge >= 0.3 is 0 Å². The number of carbonyl (C=O) groups is 1. The first-order valence-corrected chi connectivity index (χ1v) is 8.66. The Hall–Kier alpha value is -2.69. The average Bonchev–Trinajstić information content (AvgIpc) is 2.66. The number of benzene rings is 2. The van der Waals surface area contributed by atoms with E-state index in [1.54, 1.807) is 39.5 Å². The molecule has 140 valence electrons. The SMILES string of the molecule is COc1ccc([C@H](CC(C)C)NC(=O)c2c(OC)cccc2OC)cc1. The van der Waals surface area contributed by atoms with E-state index in [0.717, 1.165) is 17.7 Å². The molecule has 0 heterocycles. The zero-order valence-electron chi connectivity index (χ0n) is 16.0. The molecule has 1 amide bonds. The van der Waals surface area contributed by atoms with E-state index in [-0.39, 0.29) is 11.9 Å². The minimum Gasteiger partial charge on any atom is -0.497 e. The van der Waals surface area contributed by atoms with Gasteiger partial charge in [-0.15, -0.1) is 0 Å². The van der Waals surface area contributed by atoms with E-state index < -0.39 is 0 Å². The van der Waals surface area contributed by atoms with Gasteiger partial charge in [-0.25, -0.2) is 0 Å². The van der Waals surface area contributed by atoms with Crippen molar-refractivity contribution in [3.8, 4) is 17.2 Å². The number of hydrogen-bond acceptors (Lipinski definition) is 4. The summed E-state index contributed by atoms with van der Waals surface area (Å²) in [6, 6.07) is 12.9. The maximum absolute atomic E-state index is 13.0. The van der Waals surface area contributed by atoms with Gasteiger partial charge in [-0.2, -0.15) is 0 Å². The van der Waals surface area contributed by atoms with Gasteiger partial charge in [0.15, 0.2) is 0 Å². The lowest BCUT2D eigenvalue weighted by atomic mass is 9.96. The highest BCUT2D eigenvalue weighted by molar-refractivity contribution is 6.00. The molecule has 0 radical (unpaired) electrons. The monoisotopic (exact) mass is 357 g/mol. The first-order valence-electron chi connectivity index (χ1n) is 8.66. The van der Waals surface area contributed by atoms with Gasteiger partial charge in [0.05, 0.1) is 27.4 Å². The van der Waals surface area contributed by atoms with E-state index in [1.807, 2.05) is 24.3 Å². The van der Waals surface area contributed by atoms with Crippen molar-refractivity contribution in [3.63, 3.8) is 0 Å². The molecule has 0 fully saturated rings. The summed E-state index contributed by atoms with van der Waals surface area (Å²) >= 11 is 0. The summed E-state index contributed by atoms with van der Waals surface area (Å²) in [6.45, 7) is 4.26. The van der Waals surface area contributed by atoms with Crippen LogP contribution in [-0.4, -0.2) is 27.2 Å². The van der Waals surface area contributed by atoms with Gasteiger partial charge in [0, 0.05) is 0 Å². The molecule has 0 saturated heterocycles. The Labute approximate surface area is 155 Å². The maximum atomic E-state index is 13.0. The van der Waals surface area contributed by atoms with E-state index in [0.29, 0.717) is 23.0 Å². The zero-order chi connectivity index (χ0) is 19.1. The van der Waals surface area contributed by atoms with Crippen LogP contribution in [0.2, 0.25) is 0 Å². The molecule has 2 aromatic carbocycles. The number of amides is 1. The van der Waals surface area contributed by atoms with Crippen LogP contribution < -0.4 is 19.5 Å². The van der Waals surface area contributed by atoms with Gasteiger partial charge in [-0.3, -0.25) is 4.79 Å². The van der Waals surface area contributed by atoms with Crippen molar-refractivity contribution in [3.05, 3.63) is 53.6 Å². The summed E-state index contributed by atoms with van der Waals surface area (Å²) in [4.78, 5) is 13.0. The van der Waals surface area contributed by atoms with E-state index in [2.05, 4.69) is 19.2 Å². The normalized spacial score (nSPS) is 11.8. The number of carbonyl (C=O) groups excluding carboxylic acids is 1. The van der Waals surface area contributed by atoms with Gasteiger partial charge in [0.25, 0.3) is 5.91 Å². The fourth-order valence-electron chi connectivity index (χ4n) is 2.89. The second-order valence-electron chi connectivity index (χ2n) is 6.47. The second-order valence-corrected chi connectivity index (χ2v) is 6.47. The minimum absolute atomic E-state index is 0.122. The molecule has 0 saturated carbocycles. The van der Waals surface area contributed by atoms with Crippen molar-refractivity contribution in [1.82, 2.24) is 5.32 Å². The highest BCUT2D eigenvalue weighted by Gasteiger charge is 2.22. The Bertz CT molecular complexity index is 703. The van der Waals surface area contributed by atoms with Gasteiger partial charge in [-0.1, -0.05) is 32.0 Å². The van der Waals surface area contributed by atoms with Crippen LogP contribution in [0.25, 0.3) is 0 Å². The van der Waals surface area contributed by atoms with Crippen molar-refractivity contribution >= 4 is 5.91 Å². The summed E-state index contributed by atoms with van der Waals surface area (Å²) < 4.78 is 15.9. The number of rotatable bonds is 8. The second kappa shape index (κ2) is 9.13. The molecule has 26 heavy (non-hydrogen) atoms. The van der Waals surface area contributed by atoms with Crippen LogP contribution in [0.1, 0.15) is 42.2 Å². The Morgan fingerprint density at radius 1 is 0.923 bits per heavy atom. The predicted octanol–water partition coefficient (Wildman–Crippen LogP) is 4.23. The Morgan fingerprint density at radius 3 is 1.96 bits per heavy atom. The van der Waals surface area contributed by atoms with Crippen LogP contribution in [0.4, 0.5) is 0 Å². The maximum Gasteiger partial charge on any atom is 0.259 e. The third-order valence-corrected chi connectivity index (χ3v) is 4.19. The van der Waals surface area contributed by atoms with Crippen LogP contribution >= 0.6 is 0 Å². The molecule has 5 heteroatoms. The zero-order valence-corrected chi connectivity index (χ0v) is 16.0. The Morgan fingerprint density at radius 2 is 1.50 bits per heavy atom. The van der Waals surface area contributed by atoms with Crippen molar-refractivity contribution in [2.75, 3.05) is 21.3 Å². The third-order valence-electron chi connectivity index (χ3n) is 4.19. The molecule has 0 unspecified atom stereocenters. The van der Waals surface area contributed by atoms with E-state index in [4.69, 9.17) is 14.2 Å². The number of nitrogens with one attached hydrogen (secondary N) is 1. The Kier molecular flexibility index (Phi) is 6.89. The van der Waals surface area contributed by atoms with Crippen LogP contribution in [0.5, 0.6) is 17.2 Å². The molecule has 2 rings (SSSR count). The van der Waals surface area contributed by atoms with E-state index >= 15 is 0 Å². The lowest BCUT2D eigenvalue weighted by molar-refractivity contribution is 0.0925. The van der Waals surface area contributed by atoms with Crippen molar-refractivity contribution < 1.29 is 19.0 Å². The average molecular weight is 357 g/mol. The highest BCUT2D eigenvalue weighted by atomic mass is 16.5. The van der Waals surface area contributed by atoms with Gasteiger partial charge in [0.2, 0.25) is 0 Å². The standard InChI is InChI=1S/C21H27NO4/c1-14(2)13-17(15-9-11-16(24-3)12-10-15)22-21(23)20-18(25-4)7-6-8-19(20)26-5/h6-12,14,17H,13H2,1-5H3,(H,22,23)/t17-/m0/s1. The van der Waals surface area contributed by atoms with Crippen LogP contribution in [-0.2, 0) is 0 Å². The van der Waals surface area contributed by atoms with Crippen molar-refractivity contribution in [1.29, 1.82) is 0 Å².